The lowest BCUT2D eigenvalue weighted by molar-refractivity contribution is -0.139. The maximum atomic E-state index is 14.5. The topological polar surface area (TPSA) is 202 Å². The molecule has 1 heterocycles. The van der Waals surface area contributed by atoms with Crippen molar-refractivity contribution >= 4 is 17.6 Å². The van der Waals surface area contributed by atoms with E-state index in [2.05, 4.69) is 5.32 Å². The van der Waals surface area contributed by atoms with Gasteiger partial charge in [0.15, 0.2) is 0 Å². The van der Waals surface area contributed by atoms with Gasteiger partial charge in [-0.25, -0.2) is 4.39 Å². The Morgan fingerprint density at radius 3 is 1.70 bits per heavy atom. The summed E-state index contributed by atoms with van der Waals surface area (Å²) < 4.78 is 55.2. The predicted molar refractivity (Wildman–Crippen MR) is 237 cm³/mol. The molecule has 6 N–H and O–H groups in total. The van der Waals surface area contributed by atoms with Crippen LogP contribution in [-0.4, -0.2) is 136 Å². The van der Waals surface area contributed by atoms with Crippen molar-refractivity contribution in [3.63, 3.8) is 0 Å². The first-order valence-electron chi connectivity index (χ1n) is 21.4. The van der Waals surface area contributed by atoms with Crippen LogP contribution in [0, 0.1) is 5.82 Å². The first-order valence-corrected chi connectivity index (χ1v) is 21.4. The molecule has 346 valence electrons. The van der Waals surface area contributed by atoms with Gasteiger partial charge in [0, 0.05) is 30.0 Å². The standard InChI is InChI=1S/C47H64FN3O12/c1-34(2)45-44(47(56)50-38-6-4-3-5-7-38)43(46(36-8-12-37(48)13-9-36)51(45)18-16-39(52)32-40(53)33-42(54)55)35-10-14-41(15-11-35)63-31-30-62-29-28-61-27-26-60-25-24-59-23-22-58-21-20-57-19-17-49/h3-15,34,39-40,52-53H,16-33,49H2,1-2H3,(H,50,56)(H,54,55). The number of nitrogens with zero attached hydrogens (tertiary/aromatic N) is 1. The molecule has 4 rings (SSSR count). The third-order valence-corrected chi connectivity index (χ3v) is 9.63. The van der Waals surface area contributed by atoms with Crippen molar-refractivity contribution in [1.82, 2.24) is 4.57 Å². The normalized spacial score (nSPS) is 12.4. The summed E-state index contributed by atoms with van der Waals surface area (Å²) in [6.07, 6.45) is -2.74. The number of carbonyl (C=O) groups excluding carboxylic acids is 1. The second-order valence-electron chi connectivity index (χ2n) is 14.9. The maximum absolute atomic E-state index is 14.5. The van der Waals surface area contributed by atoms with Crippen molar-refractivity contribution in [1.29, 1.82) is 0 Å². The number of rotatable bonds is 33. The third-order valence-electron chi connectivity index (χ3n) is 9.63. The highest BCUT2D eigenvalue weighted by molar-refractivity contribution is 6.12. The molecule has 0 bridgehead atoms. The molecule has 2 unspecified atom stereocenters. The quantitative estimate of drug-likeness (QED) is 0.0363. The van der Waals surface area contributed by atoms with Gasteiger partial charge in [0.1, 0.15) is 18.2 Å². The lowest BCUT2D eigenvalue weighted by Gasteiger charge is -2.20. The zero-order valence-electron chi connectivity index (χ0n) is 36.4. The number of para-hydroxylation sites is 1. The average Bonchev–Trinajstić information content (AvgIpc) is 3.61. The number of ether oxygens (including phenoxy) is 7. The number of carboxylic acid groups (broad SMARTS) is 1. The van der Waals surface area contributed by atoms with Gasteiger partial charge in [0.25, 0.3) is 5.91 Å². The summed E-state index contributed by atoms with van der Waals surface area (Å²) in [6, 6.07) is 22.5. The fourth-order valence-electron chi connectivity index (χ4n) is 6.82. The van der Waals surface area contributed by atoms with E-state index in [0.717, 1.165) is 0 Å². The van der Waals surface area contributed by atoms with Crippen molar-refractivity contribution in [3.8, 4) is 28.1 Å². The number of aliphatic carboxylic acids is 1. The number of anilines is 1. The number of hydrogen-bond donors (Lipinski definition) is 5. The molecule has 0 saturated carbocycles. The van der Waals surface area contributed by atoms with Crippen LogP contribution in [0.3, 0.4) is 0 Å². The summed E-state index contributed by atoms with van der Waals surface area (Å²) in [4.78, 5) is 25.6. The number of carbonyl (C=O) groups is 2. The van der Waals surface area contributed by atoms with Crippen LogP contribution in [0.2, 0.25) is 0 Å². The first kappa shape index (κ1) is 50.9. The second-order valence-corrected chi connectivity index (χ2v) is 14.9. The predicted octanol–water partition coefficient (Wildman–Crippen LogP) is 5.75. The van der Waals surface area contributed by atoms with Crippen LogP contribution in [0.4, 0.5) is 10.1 Å². The summed E-state index contributed by atoms with van der Waals surface area (Å²) in [5, 5.41) is 33.3. The van der Waals surface area contributed by atoms with Gasteiger partial charge in [0.05, 0.1) is 109 Å². The minimum absolute atomic E-state index is 0.135. The Bertz CT molecular complexity index is 1890. The molecule has 1 amide bonds. The highest BCUT2D eigenvalue weighted by Gasteiger charge is 2.31. The molecule has 1 aromatic heterocycles. The van der Waals surface area contributed by atoms with E-state index in [1.54, 1.807) is 24.3 Å². The van der Waals surface area contributed by atoms with Crippen molar-refractivity contribution in [2.45, 2.75) is 57.8 Å². The first-order chi connectivity index (χ1) is 30.6. The number of nitrogens with one attached hydrogen (secondary N) is 1. The van der Waals surface area contributed by atoms with Gasteiger partial charge in [-0.05, 0) is 78.4 Å². The summed E-state index contributed by atoms with van der Waals surface area (Å²) in [5.74, 6) is -1.54. The minimum atomic E-state index is -1.23. The van der Waals surface area contributed by atoms with E-state index in [1.165, 1.54) is 12.1 Å². The van der Waals surface area contributed by atoms with Crippen LogP contribution in [0.15, 0.2) is 78.9 Å². The number of nitrogens with two attached hydrogens (primary N) is 1. The molecule has 0 radical (unpaired) electrons. The number of benzene rings is 3. The van der Waals surface area contributed by atoms with Crippen LogP contribution in [0.25, 0.3) is 22.4 Å². The number of hydrogen-bond acceptors (Lipinski definition) is 12. The monoisotopic (exact) mass is 881 g/mol. The van der Waals surface area contributed by atoms with Gasteiger partial charge in [-0.15, -0.1) is 0 Å². The average molecular weight is 882 g/mol. The van der Waals surface area contributed by atoms with E-state index in [-0.39, 0.29) is 31.2 Å². The number of aromatic nitrogens is 1. The Kier molecular flexibility index (Phi) is 23.3. The zero-order valence-corrected chi connectivity index (χ0v) is 36.4. The molecular weight excluding hydrogens is 818 g/mol. The number of aliphatic hydroxyl groups excluding tert-OH is 2. The lowest BCUT2D eigenvalue weighted by Crippen LogP contribution is -2.22. The number of aliphatic hydroxyl groups is 2. The Morgan fingerprint density at radius 2 is 1.19 bits per heavy atom. The smallest absolute Gasteiger partial charge is 0.305 e. The number of amides is 1. The molecule has 15 nitrogen and oxygen atoms in total. The number of carboxylic acids is 1. The largest absolute Gasteiger partial charge is 0.491 e. The molecule has 0 fully saturated rings. The van der Waals surface area contributed by atoms with Gasteiger partial charge in [-0.1, -0.05) is 44.2 Å². The highest BCUT2D eigenvalue weighted by atomic mass is 19.1. The van der Waals surface area contributed by atoms with Gasteiger partial charge >= 0.3 is 5.97 Å². The summed E-state index contributed by atoms with van der Waals surface area (Å²) in [6.45, 7) is 10.4. The van der Waals surface area contributed by atoms with Crippen LogP contribution >= 0.6 is 0 Å². The fourth-order valence-corrected chi connectivity index (χ4v) is 6.82. The van der Waals surface area contributed by atoms with E-state index in [4.69, 9.17) is 44.0 Å². The number of halogens is 1. The van der Waals surface area contributed by atoms with Gasteiger partial charge < -0.3 is 64.1 Å². The van der Waals surface area contributed by atoms with Crippen LogP contribution in [-0.2, 0) is 39.8 Å². The van der Waals surface area contributed by atoms with Crippen molar-refractivity contribution in [2.24, 2.45) is 5.73 Å². The van der Waals surface area contributed by atoms with E-state index in [0.29, 0.717) is 138 Å². The molecule has 2 atom stereocenters. The minimum Gasteiger partial charge on any atom is -0.491 e. The molecule has 0 aliphatic rings. The lowest BCUT2D eigenvalue weighted by atomic mass is 9.94. The van der Waals surface area contributed by atoms with Gasteiger partial charge in [-0.2, -0.15) is 0 Å². The zero-order chi connectivity index (χ0) is 45.2. The van der Waals surface area contributed by atoms with E-state index in [9.17, 15) is 24.2 Å². The van der Waals surface area contributed by atoms with Crippen LogP contribution in [0.1, 0.15) is 55.1 Å². The molecule has 16 heteroatoms. The Morgan fingerprint density at radius 1 is 0.683 bits per heavy atom. The maximum Gasteiger partial charge on any atom is 0.305 e. The Labute approximate surface area is 369 Å². The van der Waals surface area contributed by atoms with E-state index in [1.807, 2.05) is 60.9 Å². The summed E-state index contributed by atoms with van der Waals surface area (Å²) >= 11 is 0. The molecule has 3 aromatic carbocycles. The van der Waals surface area contributed by atoms with Crippen LogP contribution < -0.4 is 15.8 Å². The van der Waals surface area contributed by atoms with E-state index >= 15 is 0 Å². The van der Waals surface area contributed by atoms with Crippen molar-refractivity contribution in [2.75, 3.05) is 97.8 Å². The Hall–Kier alpha value is -4.75. The van der Waals surface area contributed by atoms with Gasteiger partial charge in [-0.3, -0.25) is 9.59 Å². The Balaban J connectivity index is 1.37. The summed E-state index contributed by atoms with van der Waals surface area (Å²) in [5.41, 5.74) is 9.66. The molecule has 0 aliphatic carbocycles. The molecule has 63 heavy (non-hydrogen) atoms. The second kappa shape index (κ2) is 28.8. The third kappa shape index (κ3) is 18.1. The fraction of sp³-hybridized carbons (Fsp3) is 0.489. The SMILES string of the molecule is CC(C)c1c(C(=O)Nc2ccccc2)c(-c2ccc(OCCOCCOCCOCCOCCOCCOCCN)cc2)c(-c2ccc(F)cc2)n1CCC(O)CC(O)CC(=O)O. The molecule has 0 saturated heterocycles. The molecular formula is C47H64FN3O12. The molecule has 0 aliphatic heterocycles. The molecule has 4 aromatic rings. The van der Waals surface area contributed by atoms with Crippen molar-refractivity contribution in [3.05, 3.63) is 95.9 Å². The highest BCUT2D eigenvalue weighted by Crippen LogP contribution is 2.43. The van der Waals surface area contributed by atoms with Gasteiger partial charge in [0.2, 0.25) is 0 Å². The van der Waals surface area contributed by atoms with E-state index < -0.39 is 30.4 Å². The van der Waals surface area contributed by atoms with Crippen LogP contribution in [0.5, 0.6) is 5.75 Å². The van der Waals surface area contributed by atoms with Crippen molar-refractivity contribution < 1.29 is 62.5 Å². The molecule has 0 spiro atoms. The summed E-state index contributed by atoms with van der Waals surface area (Å²) in [7, 11) is 0.